The number of anilines is 1. The van der Waals surface area contributed by atoms with Crippen molar-refractivity contribution >= 4 is 29.2 Å². The van der Waals surface area contributed by atoms with Crippen LogP contribution in [0.2, 0.25) is 5.02 Å². The first-order chi connectivity index (χ1) is 7.58. The number of ether oxygens (including phenoxy) is 1. The van der Waals surface area contributed by atoms with Crippen molar-refractivity contribution < 1.29 is 14.3 Å². The van der Waals surface area contributed by atoms with E-state index >= 15 is 0 Å². The Hall–Kier alpha value is -1.55. The van der Waals surface area contributed by atoms with Gasteiger partial charge in [-0.2, -0.15) is 0 Å². The molecule has 0 atom stereocenters. The van der Waals surface area contributed by atoms with Crippen LogP contribution in [0.5, 0.6) is 0 Å². The molecule has 0 heterocycles. The first-order valence-electron chi connectivity index (χ1n) is 4.76. The summed E-state index contributed by atoms with van der Waals surface area (Å²) in [6.07, 6.45) is 0.370. The maximum absolute atomic E-state index is 11.2. The third-order valence-electron chi connectivity index (χ3n) is 1.99. The van der Waals surface area contributed by atoms with E-state index in [0.717, 1.165) is 0 Å². The van der Waals surface area contributed by atoms with Crippen LogP contribution < -0.4 is 5.32 Å². The molecule has 0 aromatic heterocycles. The quantitative estimate of drug-likeness (QED) is 0.827. The molecule has 0 aliphatic rings. The van der Waals surface area contributed by atoms with E-state index in [2.05, 4.69) is 10.1 Å². The highest BCUT2D eigenvalue weighted by Gasteiger charge is 2.09. The Balaban J connectivity index is 2.91. The monoisotopic (exact) mass is 241 g/mol. The van der Waals surface area contributed by atoms with Crippen LogP contribution in [0.1, 0.15) is 23.7 Å². The first kappa shape index (κ1) is 12.5. The number of rotatable bonds is 3. The zero-order valence-corrected chi connectivity index (χ0v) is 9.80. The van der Waals surface area contributed by atoms with Gasteiger partial charge in [0.25, 0.3) is 0 Å². The number of nitrogens with one attached hydrogen (secondary N) is 1. The summed E-state index contributed by atoms with van der Waals surface area (Å²) in [5, 5.41) is 2.93. The summed E-state index contributed by atoms with van der Waals surface area (Å²) >= 11 is 5.91. The van der Waals surface area contributed by atoms with E-state index in [9.17, 15) is 9.59 Å². The minimum atomic E-state index is -0.463. The van der Waals surface area contributed by atoms with Crippen molar-refractivity contribution in [1.29, 1.82) is 0 Å². The van der Waals surface area contributed by atoms with Crippen LogP contribution >= 0.6 is 11.6 Å². The van der Waals surface area contributed by atoms with Crippen LogP contribution in [0.4, 0.5) is 5.69 Å². The Morgan fingerprint density at radius 2 is 2.12 bits per heavy atom. The van der Waals surface area contributed by atoms with Gasteiger partial charge in [-0.15, -0.1) is 0 Å². The Morgan fingerprint density at radius 1 is 1.44 bits per heavy atom. The number of carbonyl (C=O) groups excluding carboxylic acids is 2. The van der Waals surface area contributed by atoms with E-state index in [1.54, 1.807) is 19.1 Å². The van der Waals surface area contributed by atoms with E-state index in [1.165, 1.54) is 13.2 Å². The van der Waals surface area contributed by atoms with Gasteiger partial charge in [0.05, 0.1) is 23.4 Å². The van der Waals surface area contributed by atoms with Gasteiger partial charge in [0.2, 0.25) is 5.91 Å². The molecule has 0 spiro atoms. The summed E-state index contributed by atoms with van der Waals surface area (Å²) in [5.41, 5.74) is 0.836. The van der Waals surface area contributed by atoms with Crippen LogP contribution in [0.3, 0.4) is 0 Å². The summed E-state index contributed by atoms with van der Waals surface area (Å²) in [6, 6.07) is 4.57. The second-order valence-electron chi connectivity index (χ2n) is 3.09. The standard InChI is InChI=1S/C11H12ClNO3/c1-3-10(14)13-9-5-4-7(6-8(9)12)11(15)16-2/h4-6H,3H2,1-2H3,(H,13,14). The molecule has 5 heteroatoms. The number of hydrogen-bond donors (Lipinski definition) is 1. The minimum absolute atomic E-state index is 0.132. The lowest BCUT2D eigenvalue weighted by molar-refractivity contribution is -0.115. The van der Waals surface area contributed by atoms with Crippen LogP contribution in [-0.2, 0) is 9.53 Å². The highest BCUT2D eigenvalue weighted by molar-refractivity contribution is 6.34. The molecule has 0 aliphatic carbocycles. The SMILES string of the molecule is CCC(=O)Nc1ccc(C(=O)OC)cc1Cl. The molecule has 86 valence electrons. The number of halogens is 1. The second kappa shape index (κ2) is 5.51. The smallest absolute Gasteiger partial charge is 0.337 e. The minimum Gasteiger partial charge on any atom is -0.465 e. The zero-order valence-electron chi connectivity index (χ0n) is 9.04. The molecule has 1 amide bonds. The first-order valence-corrected chi connectivity index (χ1v) is 5.14. The van der Waals surface area contributed by atoms with Crippen molar-refractivity contribution in [3.05, 3.63) is 28.8 Å². The molecule has 1 rings (SSSR count). The summed E-state index contributed by atoms with van der Waals surface area (Å²) in [4.78, 5) is 22.3. The van der Waals surface area contributed by atoms with Crippen molar-refractivity contribution in [3.8, 4) is 0 Å². The summed E-state index contributed by atoms with van der Waals surface area (Å²) in [5.74, 6) is -0.594. The number of hydrogen-bond acceptors (Lipinski definition) is 3. The Morgan fingerprint density at radius 3 is 2.62 bits per heavy atom. The molecule has 0 unspecified atom stereocenters. The zero-order chi connectivity index (χ0) is 12.1. The van der Waals surface area contributed by atoms with E-state index in [-0.39, 0.29) is 5.91 Å². The molecule has 1 aromatic carbocycles. The lowest BCUT2D eigenvalue weighted by atomic mass is 10.2. The number of esters is 1. The van der Waals surface area contributed by atoms with Gasteiger partial charge in [-0.05, 0) is 18.2 Å². The Labute approximate surface area is 98.5 Å². The highest BCUT2D eigenvalue weighted by atomic mass is 35.5. The van der Waals surface area contributed by atoms with Gasteiger partial charge in [0, 0.05) is 6.42 Å². The molecule has 1 N–H and O–H groups in total. The van der Waals surface area contributed by atoms with Crippen LogP contribution in [-0.4, -0.2) is 19.0 Å². The molecular formula is C11H12ClNO3. The van der Waals surface area contributed by atoms with E-state index in [0.29, 0.717) is 22.7 Å². The second-order valence-corrected chi connectivity index (χ2v) is 3.50. The molecule has 16 heavy (non-hydrogen) atoms. The topological polar surface area (TPSA) is 55.4 Å². The predicted molar refractivity (Wildman–Crippen MR) is 61.7 cm³/mol. The van der Waals surface area contributed by atoms with Gasteiger partial charge in [0.1, 0.15) is 0 Å². The van der Waals surface area contributed by atoms with Crippen LogP contribution in [0, 0.1) is 0 Å². The predicted octanol–water partition coefficient (Wildman–Crippen LogP) is 2.48. The number of amides is 1. The number of benzene rings is 1. The fourth-order valence-electron chi connectivity index (χ4n) is 1.10. The fraction of sp³-hybridized carbons (Fsp3) is 0.273. The van der Waals surface area contributed by atoms with Crippen molar-refractivity contribution in [1.82, 2.24) is 0 Å². The highest BCUT2D eigenvalue weighted by Crippen LogP contribution is 2.23. The normalized spacial score (nSPS) is 9.69. The lowest BCUT2D eigenvalue weighted by Gasteiger charge is -2.07. The Bertz CT molecular complexity index is 418. The number of methoxy groups -OCH3 is 1. The number of carbonyl (C=O) groups is 2. The van der Waals surface area contributed by atoms with Crippen molar-refractivity contribution in [2.75, 3.05) is 12.4 Å². The van der Waals surface area contributed by atoms with Crippen molar-refractivity contribution in [2.45, 2.75) is 13.3 Å². The van der Waals surface area contributed by atoms with Gasteiger partial charge in [-0.3, -0.25) is 4.79 Å². The van der Waals surface area contributed by atoms with Crippen LogP contribution in [0.25, 0.3) is 0 Å². The fourth-order valence-corrected chi connectivity index (χ4v) is 1.33. The van der Waals surface area contributed by atoms with Gasteiger partial charge < -0.3 is 10.1 Å². The average Bonchev–Trinajstić information content (AvgIpc) is 2.30. The molecule has 0 saturated heterocycles. The molecule has 1 aromatic rings. The summed E-state index contributed by atoms with van der Waals surface area (Å²) in [6.45, 7) is 1.74. The lowest BCUT2D eigenvalue weighted by Crippen LogP contribution is -2.10. The van der Waals surface area contributed by atoms with Gasteiger partial charge in [-0.25, -0.2) is 4.79 Å². The molecule has 4 nitrogen and oxygen atoms in total. The largest absolute Gasteiger partial charge is 0.465 e. The van der Waals surface area contributed by atoms with Gasteiger partial charge in [-0.1, -0.05) is 18.5 Å². The Kier molecular flexibility index (Phi) is 4.31. The van der Waals surface area contributed by atoms with Crippen LogP contribution in [0.15, 0.2) is 18.2 Å². The van der Waals surface area contributed by atoms with Crippen molar-refractivity contribution in [2.24, 2.45) is 0 Å². The van der Waals surface area contributed by atoms with E-state index < -0.39 is 5.97 Å². The molecular weight excluding hydrogens is 230 g/mol. The van der Waals surface area contributed by atoms with E-state index in [1.807, 2.05) is 0 Å². The molecule has 0 bridgehead atoms. The summed E-state index contributed by atoms with van der Waals surface area (Å²) in [7, 11) is 1.29. The third-order valence-corrected chi connectivity index (χ3v) is 2.30. The molecule has 0 aliphatic heterocycles. The van der Waals surface area contributed by atoms with Crippen molar-refractivity contribution in [3.63, 3.8) is 0 Å². The molecule has 0 radical (unpaired) electrons. The molecule has 0 saturated carbocycles. The van der Waals surface area contributed by atoms with Gasteiger partial charge >= 0.3 is 5.97 Å². The maximum Gasteiger partial charge on any atom is 0.337 e. The maximum atomic E-state index is 11.2. The van der Waals surface area contributed by atoms with Gasteiger partial charge in [0.15, 0.2) is 0 Å². The summed E-state index contributed by atoms with van der Waals surface area (Å²) < 4.78 is 4.55. The molecule has 0 fully saturated rings. The third kappa shape index (κ3) is 2.97. The average molecular weight is 242 g/mol. The van der Waals surface area contributed by atoms with E-state index in [4.69, 9.17) is 11.6 Å².